The van der Waals surface area contributed by atoms with Crippen LogP contribution in [0, 0.1) is 10.1 Å². The summed E-state index contributed by atoms with van der Waals surface area (Å²) in [5.74, 6) is -0.271. The fraction of sp³-hybridized carbons (Fsp3) is 0.300. The molecular weight excluding hydrogens is 226 g/mol. The second-order valence-corrected chi connectivity index (χ2v) is 3.25. The van der Waals surface area contributed by atoms with Gasteiger partial charge in [0.25, 0.3) is 5.69 Å². The molecular formula is C10H13N3O4. The van der Waals surface area contributed by atoms with E-state index in [0.29, 0.717) is 12.2 Å². The number of nitro benzene ring substituents is 1. The molecule has 0 aliphatic rings. The first-order chi connectivity index (χ1) is 8.13. The molecule has 7 nitrogen and oxygen atoms in total. The molecule has 0 aliphatic heterocycles. The number of benzene rings is 1. The molecule has 0 aromatic heterocycles. The molecule has 17 heavy (non-hydrogen) atoms. The van der Waals surface area contributed by atoms with E-state index in [1.54, 1.807) is 0 Å². The quantitative estimate of drug-likeness (QED) is 0.371. The molecule has 7 heteroatoms. The van der Waals surface area contributed by atoms with Crippen molar-refractivity contribution in [2.75, 3.05) is 25.0 Å². The lowest BCUT2D eigenvalue weighted by Gasteiger charge is -2.05. The zero-order valence-corrected chi connectivity index (χ0v) is 9.05. The van der Waals surface area contributed by atoms with E-state index >= 15 is 0 Å². The van der Waals surface area contributed by atoms with Gasteiger partial charge in [-0.2, -0.15) is 0 Å². The summed E-state index contributed by atoms with van der Waals surface area (Å²) in [5, 5.41) is 24.2. The van der Waals surface area contributed by atoms with Crippen molar-refractivity contribution in [1.29, 1.82) is 0 Å². The highest BCUT2D eigenvalue weighted by atomic mass is 16.6. The van der Waals surface area contributed by atoms with E-state index in [1.165, 1.54) is 24.3 Å². The van der Waals surface area contributed by atoms with E-state index in [4.69, 9.17) is 5.11 Å². The predicted molar refractivity (Wildman–Crippen MR) is 61.7 cm³/mol. The number of aliphatic hydroxyl groups is 1. The molecule has 0 fully saturated rings. The SMILES string of the molecule is O=C(CNCCO)Nc1ccc([N+](=O)[O-])cc1. The van der Waals surface area contributed by atoms with Crippen molar-refractivity contribution in [3.63, 3.8) is 0 Å². The summed E-state index contributed by atoms with van der Waals surface area (Å²) in [6.07, 6.45) is 0. The number of carbonyl (C=O) groups is 1. The highest BCUT2D eigenvalue weighted by Crippen LogP contribution is 2.14. The summed E-state index contributed by atoms with van der Waals surface area (Å²) >= 11 is 0. The maximum absolute atomic E-state index is 11.3. The van der Waals surface area contributed by atoms with Crippen LogP contribution in [-0.2, 0) is 4.79 Å². The maximum atomic E-state index is 11.3. The highest BCUT2D eigenvalue weighted by molar-refractivity contribution is 5.92. The first-order valence-corrected chi connectivity index (χ1v) is 4.99. The van der Waals surface area contributed by atoms with E-state index < -0.39 is 4.92 Å². The first kappa shape index (κ1) is 13.1. The molecule has 0 saturated heterocycles. The minimum Gasteiger partial charge on any atom is -0.395 e. The lowest BCUT2D eigenvalue weighted by molar-refractivity contribution is -0.384. The van der Waals surface area contributed by atoms with E-state index in [1.807, 2.05) is 0 Å². The van der Waals surface area contributed by atoms with Crippen LogP contribution < -0.4 is 10.6 Å². The summed E-state index contributed by atoms with van der Waals surface area (Å²) in [5.41, 5.74) is 0.466. The van der Waals surface area contributed by atoms with Gasteiger partial charge < -0.3 is 15.7 Å². The Morgan fingerprint density at radius 1 is 1.35 bits per heavy atom. The van der Waals surface area contributed by atoms with Gasteiger partial charge in [-0.3, -0.25) is 14.9 Å². The molecule has 1 aromatic carbocycles. The Kier molecular flexibility index (Phi) is 5.05. The van der Waals surface area contributed by atoms with Gasteiger partial charge in [0.05, 0.1) is 18.1 Å². The number of non-ortho nitro benzene ring substituents is 1. The van der Waals surface area contributed by atoms with Gasteiger partial charge in [0.15, 0.2) is 0 Å². The monoisotopic (exact) mass is 239 g/mol. The molecule has 1 amide bonds. The molecule has 0 heterocycles. The molecule has 0 aliphatic carbocycles. The molecule has 0 saturated carbocycles. The largest absolute Gasteiger partial charge is 0.395 e. The maximum Gasteiger partial charge on any atom is 0.269 e. The zero-order valence-electron chi connectivity index (χ0n) is 9.05. The van der Waals surface area contributed by atoms with E-state index in [-0.39, 0.29) is 24.7 Å². The van der Waals surface area contributed by atoms with Gasteiger partial charge in [-0.1, -0.05) is 0 Å². The number of amides is 1. The number of hydrogen-bond donors (Lipinski definition) is 3. The fourth-order valence-corrected chi connectivity index (χ4v) is 1.15. The number of aliphatic hydroxyl groups excluding tert-OH is 1. The van der Waals surface area contributed by atoms with Crippen LogP contribution >= 0.6 is 0 Å². The van der Waals surface area contributed by atoms with Gasteiger partial charge in [-0.25, -0.2) is 0 Å². The third-order valence-electron chi connectivity index (χ3n) is 1.94. The molecule has 0 radical (unpaired) electrons. The molecule has 3 N–H and O–H groups in total. The van der Waals surface area contributed by atoms with E-state index in [2.05, 4.69) is 10.6 Å². The topological polar surface area (TPSA) is 104 Å². The minimum absolute atomic E-state index is 0.0265. The summed E-state index contributed by atoms with van der Waals surface area (Å²) < 4.78 is 0. The third-order valence-corrected chi connectivity index (χ3v) is 1.94. The Morgan fingerprint density at radius 3 is 2.53 bits per heavy atom. The van der Waals surface area contributed by atoms with Gasteiger partial charge in [0, 0.05) is 24.4 Å². The summed E-state index contributed by atoms with van der Waals surface area (Å²) in [4.78, 5) is 21.2. The van der Waals surface area contributed by atoms with Crippen LogP contribution in [0.5, 0.6) is 0 Å². The second-order valence-electron chi connectivity index (χ2n) is 3.25. The normalized spacial score (nSPS) is 9.94. The molecule has 0 unspecified atom stereocenters. The van der Waals surface area contributed by atoms with Crippen LogP contribution in [0.15, 0.2) is 24.3 Å². The average Bonchev–Trinajstić information content (AvgIpc) is 2.30. The molecule has 92 valence electrons. The smallest absolute Gasteiger partial charge is 0.269 e. The van der Waals surface area contributed by atoms with Gasteiger partial charge in [0.1, 0.15) is 0 Å². The minimum atomic E-state index is -0.506. The van der Waals surface area contributed by atoms with Crippen LogP contribution in [0.1, 0.15) is 0 Å². The van der Waals surface area contributed by atoms with Crippen molar-refractivity contribution < 1.29 is 14.8 Å². The highest BCUT2D eigenvalue weighted by Gasteiger charge is 2.05. The van der Waals surface area contributed by atoms with Crippen LogP contribution in [0.3, 0.4) is 0 Å². The van der Waals surface area contributed by atoms with Crippen molar-refractivity contribution >= 4 is 17.3 Å². The van der Waals surface area contributed by atoms with Gasteiger partial charge in [0.2, 0.25) is 5.91 Å². The van der Waals surface area contributed by atoms with Crippen LogP contribution in [-0.4, -0.2) is 35.6 Å². The Labute approximate surface area is 97.6 Å². The number of nitrogens with zero attached hydrogens (tertiary/aromatic N) is 1. The van der Waals surface area contributed by atoms with E-state index in [0.717, 1.165) is 0 Å². The summed E-state index contributed by atoms with van der Waals surface area (Å²) in [6.45, 7) is 0.385. The Morgan fingerprint density at radius 2 is 2.00 bits per heavy atom. The Bertz CT molecular complexity index is 391. The molecule has 0 bridgehead atoms. The van der Waals surface area contributed by atoms with Gasteiger partial charge in [-0.15, -0.1) is 0 Å². The first-order valence-electron chi connectivity index (χ1n) is 4.99. The number of nitro groups is 1. The molecule has 1 rings (SSSR count). The van der Waals surface area contributed by atoms with Crippen molar-refractivity contribution in [2.45, 2.75) is 0 Å². The summed E-state index contributed by atoms with van der Waals surface area (Å²) in [7, 11) is 0. The molecule has 0 spiro atoms. The lowest BCUT2D eigenvalue weighted by atomic mass is 10.3. The predicted octanol–water partition coefficient (Wildman–Crippen LogP) is 0.115. The van der Waals surface area contributed by atoms with Crippen molar-refractivity contribution in [3.8, 4) is 0 Å². The average molecular weight is 239 g/mol. The number of nitrogens with one attached hydrogen (secondary N) is 2. The van der Waals surface area contributed by atoms with Crippen LogP contribution in [0.4, 0.5) is 11.4 Å². The van der Waals surface area contributed by atoms with Gasteiger partial charge >= 0.3 is 0 Å². The Hall–Kier alpha value is -1.99. The number of anilines is 1. The number of rotatable bonds is 6. The van der Waals surface area contributed by atoms with Crippen molar-refractivity contribution in [3.05, 3.63) is 34.4 Å². The fourth-order valence-electron chi connectivity index (χ4n) is 1.15. The Balaban J connectivity index is 2.46. The number of carbonyl (C=O) groups excluding carboxylic acids is 1. The van der Waals surface area contributed by atoms with Crippen molar-refractivity contribution in [1.82, 2.24) is 5.32 Å². The standard InChI is InChI=1S/C10H13N3O4/c14-6-5-11-7-10(15)12-8-1-3-9(4-2-8)13(16)17/h1-4,11,14H,5-7H2,(H,12,15). The van der Waals surface area contributed by atoms with Crippen LogP contribution in [0.2, 0.25) is 0 Å². The zero-order chi connectivity index (χ0) is 12.7. The molecule has 1 aromatic rings. The molecule has 0 atom stereocenters. The lowest BCUT2D eigenvalue weighted by Crippen LogP contribution is -2.29. The number of hydrogen-bond acceptors (Lipinski definition) is 5. The van der Waals surface area contributed by atoms with Gasteiger partial charge in [-0.05, 0) is 12.1 Å². The van der Waals surface area contributed by atoms with Crippen molar-refractivity contribution in [2.24, 2.45) is 0 Å². The van der Waals surface area contributed by atoms with Crippen LogP contribution in [0.25, 0.3) is 0 Å². The van der Waals surface area contributed by atoms with E-state index in [9.17, 15) is 14.9 Å². The second kappa shape index (κ2) is 6.56. The summed E-state index contributed by atoms with van der Waals surface area (Å²) in [6, 6.07) is 5.55. The third kappa shape index (κ3) is 4.58.